The minimum absolute atomic E-state index is 0.0257. The molecule has 0 aromatic heterocycles. The molecule has 2 fully saturated rings. The lowest BCUT2D eigenvalue weighted by Gasteiger charge is -2.32. The van der Waals surface area contributed by atoms with Gasteiger partial charge in [-0.05, 0) is 49.9 Å². The Morgan fingerprint density at radius 3 is 2.17 bits per heavy atom. The lowest BCUT2D eigenvalue weighted by atomic mass is 10.0. The van der Waals surface area contributed by atoms with Crippen molar-refractivity contribution in [3.05, 3.63) is 29.8 Å². The predicted molar refractivity (Wildman–Crippen MR) is 90.6 cm³/mol. The molecule has 1 saturated heterocycles. The molecule has 0 bridgehead atoms. The van der Waals surface area contributed by atoms with Crippen LogP contribution in [0.3, 0.4) is 0 Å². The largest absolute Gasteiger partial charge is 0.378 e. The standard InChI is InChI=1S/C18H25N3O2/c1-20(2)16-7-5-13(6-8-16)17(22)19-15-9-11-21(12-10-15)18(23)14-3-4-14/h5-8,14-15H,3-4,9-12H2,1-2H3,(H,19,22). The monoisotopic (exact) mass is 315 g/mol. The maximum Gasteiger partial charge on any atom is 0.251 e. The van der Waals surface area contributed by atoms with E-state index in [2.05, 4.69) is 5.32 Å². The number of rotatable bonds is 4. The third kappa shape index (κ3) is 3.84. The van der Waals surface area contributed by atoms with E-state index in [1.807, 2.05) is 48.2 Å². The first-order chi connectivity index (χ1) is 11.0. The highest BCUT2D eigenvalue weighted by Crippen LogP contribution is 2.31. The van der Waals surface area contributed by atoms with Gasteiger partial charge >= 0.3 is 0 Å². The molecule has 23 heavy (non-hydrogen) atoms. The van der Waals surface area contributed by atoms with E-state index in [1.165, 1.54) is 0 Å². The summed E-state index contributed by atoms with van der Waals surface area (Å²) in [5.41, 5.74) is 1.76. The first-order valence-electron chi connectivity index (χ1n) is 8.41. The number of nitrogens with zero attached hydrogens (tertiary/aromatic N) is 2. The summed E-state index contributed by atoms with van der Waals surface area (Å²) >= 11 is 0. The van der Waals surface area contributed by atoms with Gasteiger partial charge in [-0.25, -0.2) is 0 Å². The van der Waals surface area contributed by atoms with Gasteiger partial charge in [0.05, 0.1) is 0 Å². The number of benzene rings is 1. The molecule has 1 aliphatic heterocycles. The van der Waals surface area contributed by atoms with Crippen LogP contribution >= 0.6 is 0 Å². The summed E-state index contributed by atoms with van der Waals surface area (Å²) in [5, 5.41) is 3.10. The molecule has 2 aliphatic rings. The summed E-state index contributed by atoms with van der Waals surface area (Å²) in [5.74, 6) is 0.577. The van der Waals surface area contributed by atoms with Gasteiger partial charge in [0.2, 0.25) is 5.91 Å². The summed E-state index contributed by atoms with van der Waals surface area (Å²) in [6.45, 7) is 1.53. The van der Waals surface area contributed by atoms with Gasteiger partial charge < -0.3 is 15.1 Å². The molecular formula is C18H25N3O2. The molecule has 1 heterocycles. The van der Waals surface area contributed by atoms with Gasteiger partial charge in [0.15, 0.2) is 0 Å². The Labute approximate surface area is 137 Å². The summed E-state index contributed by atoms with van der Waals surface area (Å²) in [4.78, 5) is 28.3. The highest BCUT2D eigenvalue weighted by atomic mass is 16.2. The van der Waals surface area contributed by atoms with Crippen molar-refractivity contribution >= 4 is 17.5 Å². The molecule has 5 nitrogen and oxygen atoms in total. The summed E-state index contributed by atoms with van der Waals surface area (Å²) < 4.78 is 0. The van der Waals surface area contributed by atoms with Crippen LogP contribution in [0.25, 0.3) is 0 Å². The second-order valence-electron chi connectivity index (χ2n) is 6.79. The van der Waals surface area contributed by atoms with Gasteiger partial charge in [-0.15, -0.1) is 0 Å². The summed E-state index contributed by atoms with van der Waals surface area (Å²) in [6.07, 6.45) is 3.80. The molecule has 2 amide bonds. The predicted octanol–water partition coefficient (Wildman–Crippen LogP) is 1.88. The van der Waals surface area contributed by atoms with Crippen molar-refractivity contribution in [3.8, 4) is 0 Å². The van der Waals surface area contributed by atoms with E-state index in [-0.39, 0.29) is 17.9 Å². The number of anilines is 1. The van der Waals surface area contributed by atoms with Crippen molar-refractivity contribution in [1.29, 1.82) is 0 Å². The first kappa shape index (κ1) is 15.8. The first-order valence-corrected chi connectivity index (χ1v) is 8.41. The average Bonchev–Trinajstić information content (AvgIpc) is 3.40. The fourth-order valence-corrected chi connectivity index (χ4v) is 3.01. The lowest BCUT2D eigenvalue weighted by molar-refractivity contribution is -0.133. The second kappa shape index (κ2) is 6.60. The molecule has 1 aromatic rings. The normalized spacial score (nSPS) is 18.6. The Hall–Kier alpha value is -2.04. The maximum atomic E-state index is 12.3. The van der Waals surface area contributed by atoms with Crippen molar-refractivity contribution in [2.45, 2.75) is 31.7 Å². The molecule has 1 aromatic carbocycles. The van der Waals surface area contributed by atoms with Crippen LogP contribution in [0.5, 0.6) is 0 Å². The van der Waals surface area contributed by atoms with Gasteiger partial charge in [-0.1, -0.05) is 0 Å². The van der Waals surface area contributed by atoms with Crippen LogP contribution in [0, 0.1) is 5.92 Å². The SMILES string of the molecule is CN(C)c1ccc(C(=O)NC2CCN(C(=O)C3CC3)CC2)cc1. The number of hydrogen-bond acceptors (Lipinski definition) is 3. The molecule has 0 spiro atoms. The molecule has 1 saturated carbocycles. The van der Waals surface area contributed by atoms with Crippen LogP contribution < -0.4 is 10.2 Å². The van der Waals surface area contributed by atoms with Crippen LogP contribution in [-0.2, 0) is 4.79 Å². The van der Waals surface area contributed by atoms with Crippen molar-refractivity contribution in [2.24, 2.45) is 5.92 Å². The molecule has 5 heteroatoms. The Morgan fingerprint density at radius 2 is 1.65 bits per heavy atom. The number of carbonyl (C=O) groups excluding carboxylic acids is 2. The molecule has 1 aliphatic carbocycles. The zero-order valence-electron chi connectivity index (χ0n) is 13.9. The molecule has 1 N–H and O–H groups in total. The number of carbonyl (C=O) groups is 2. The molecule has 0 radical (unpaired) electrons. The van der Waals surface area contributed by atoms with Gasteiger partial charge in [-0.3, -0.25) is 9.59 Å². The number of likely N-dealkylation sites (tertiary alicyclic amines) is 1. The minimum atomic E-state index is -0.0257. The highest BCUT2D eigenvalue weighted by molar-refractivity contribution is 5.94. The zero-order chi connectivity index (χ0) is 16.4. The third-order valence-electron chi connectivity index (χ3n) is 4.71. The Balaban J connectivity index is 1.49. The van der Waals surface area contributed by atoms with Gasteiger partial charge in [0.1, 0.15) is 0 Å². The zero-order valence-corrected chi connectivity index (χ0v) is 13.9. The molecular weight excluding hydrogens is 290 g/mol. The molecule has 3 rings (SSSR count). The van der Waals surface area contributed by atoms with Crippen LogP contribution in [0.4, 0.5) is 5.69 Å². The Kier molecular flexibility index (Phi) is 4.55. The van der Waals surface area contributed by atoms with E-state index >= 15 is 0 Å². The van der Waals surface area contributed by atoms with E-state index in [0.29, 0.717) is 11.5 Å². The number of nitrogens with one attached hydrogen (secondary N) is 1. The Morgan fingerprint density at radius 1 is 1.04 bits per heavy atom. The van der Waals surface area contributed by atoms with Crippen LogP contribution in [0.2, 0.25) is 0 Å². The number of piperidine rings is 1. The van der Waals surface area contributed by atoms with Crippen molar-refractivity contribution in [2.75, 3.05) is 32.1 Å². The highest BCUT2D eigenvalue weighted by Gasteiger charge is 2.35. The van der Waals surface area contributed by atoms with Gasteiger partial charge in [0.25, 0.3) is 5.91 Å². The molecule has 0 atom stereocenters. The van der Waals surface area contributed by atoms with Crippen molar-refractivity contribution in [1.82, 2.24) is 10.2 Å². The van der Waals surface area contributed by atoms with E-state index in [1.54, 1.807) is 0 Å². The fraction of sp³-hybridized carbons (Fsp3) is 0.556. The van der Waals surface area contributed by atoms with E-state index in [9.17, 15) is 9.59 Å². The van der Waals surface area contributed by atoms with Crippen LogP contribution in [0.15, 0.2) is 24.3 Å². The minimum Gasteiger partial charge on any atom is -0.378 e. The van der Waals surface area contributed by atoms with Crippen molar-refractivity contribution in [3.63, 3.8) is 0 Å². The van der Waals surface area contributed by atoms with Crippen LogP contribution in [-0.4, -0.2) is 49.9 Å². The second-order valence-corrected chi connectivity index (χ2v) is 6.79. The number of amides is 2. The van der Waals surface area contributed by atoms with E-state index < -0.39 is 0 Å². The van der Waals surface area contributed by atoms with E-state index in [4.69, 9.17) is 0 Å². The summed E-state index contributed by atoms with van der Waals surface area (Å²) in [7, 11) is 3.96. The van der Waals surface area contributed by atoms with Crippen LogP contribution in [0.1, 0.15) is 36.0 Å². The topological polar surface area (TPSA) is 52.7 Å². The maximum absolute atomic E-state index is 12.3. The van der Waals surface area contributed by atoms with Crippen molar-refractivity contribution < 1.29 is 9.59 Å². The Bertz CT molecular complexity index is 570. The van der Waals surface area contributed by atoms with Gasteiger partial charge in [0, 0.05) is 50.4 Å². The van der Waals surface area contributed by atoms with E-state index in [0.717, 1.165) is 44.5 Å². The van der Waals surface area contributed by atoms with Gasteiger partial charge in [-0.2, -0.15) is 0 Å². The lowest BCUT2D eigenvalue weighted by Crippen LogP contribution is -2.47. The fourth-order valence-electron chi connectivity index (χ4n) is 3.01. The number of hydrogen-bond donors (Lipinski definition) is 1. The third-order valence-corrected chi connectivity index (χ3v) is 4.71. The molecule has 124 valence electrons. The quantitative estimate of drug-likeness (QED) is 0.923. The summed E-state index contributed by atoms with van der Waals surface area (Å²) in [6, 6.07) is 7.78. The smallest absolute Gasteiger partial charge is 0.251 e. The average molecular weight is 315 g/mol. The molecule has 0 unspecified atom stereocenters.